The fourth-order valence-corrected chi connectivity index (χ4v) is 4.63. The Bertz CT molecular complexity index is 688. The minimum absolute atomic E-state index is 0.0193. The summed E-state index contributed by atoms with van der Waals surface area (Å²) in [5.41, 5.74) is 0.643. The first-order valence-electron chi connectivity index (χ1n) is 10.5. The molecule has 1 aromatic rings. The van der Waals surface area contributed by atoms with Crippen LogP contribution >= 0.6 is 0 Å². The van der Waals surface area contributed by atoms with E-state index in [-0.39, 0.29) is 29.6 Å². The van der Waals surface area contributed by atoms with Gasteiger partial charge >= 0.3 is 0 Å². The second kappa shape index (κ2) is 9.50. The minimum atomic E-state index is -0.325. The first-order chi connectivity index (χ1) is 13.5. The second-order valence-electron chi connectivity index (χ2n) is 8.27. The van der Waals surface area contributed by atoms with Gasteiger partial charge in [-0.05, 0) is 44.0 Å². The quantitative estimate of drug-likeness (QED) is 0.846. The summed E-state index contributed by atoms with van der Waals surface area (Å²) >= 11 is 0. The summed E-state index contributed by atoms with van der Waals surface area (Å²) in [5, 5.41) is 3.01. The third-order valence-corrected chi connectivity index (χ3v) is 6.31. The van der Waals surface area contributed by atoms with Gasteiger partial charge in [0.15, 0.2) is 0 Å². The van der Waals surface area contributed by atoms with Crippen LogP contribution in [0.3, 0.4) is 0 Å². The summed E-state index contributed by atoms with van der Waals surface area (Å²) in [7, 11) is 2.12. The third-order valence-electron chi connectivity index (χ3n) is 6.31. The molecule has 6 heteroatoms. The molecule has 1 aromatic carbocycles. The Hall–Kier alpha value is -1.95. The summed E-state index contributed by atoms with van der Waals surface area (Å²) < 4.78 is 13.4. The van der Waals surface area contributed by atoms with Crippen molar-refractivity contribution in [2.45, 2.75) is 56.9 Å². The number of nitrogens with one attached hydrogen (secondary N) is 1. The summed E-state index contributed by atoms with van der Waals surface area (Å²) in [4.78, 5) is 29.5. The van der Waals surface area contributed by atoms with Crippen LogP contribution in [0.5, 0.6) is 0 Å². The molecule has 0 aromatic heterocycles. The average Bonchev–Trinajstić information content (AvgIpc) is 2.69. The Morgan fingerprint density at radius 2 is 1.93 bits per heavy atom. The van der Waals surface area contributed by atoms with Gasteiger partial charge in [0.05, 0.1) is 6.42 Å². The van der Waals surface area contributed by atoms with Crippen molar-refractivity contribution >= 4 is 11.8 Å². The van der Waals surface area contributed by atoms with E-state index in [0.29, 0.717) is 31.6 Å². The lowest BCUT2D eigenvalue weighted by atomic mass is 9.77. The molecule has 2 amide bonds. The van der Waals surface area contributed by atoms with Crippen molar-refractivity contribution in [3.8, 4) is 0 Å². The Balaban J connectivity index is 1.65. The highest BCUT2D eigenvalue weighted by molar-refractivity contribution is 5.79. The van der Waals surface area contributed by atoms with Crippen molar-refractivity contribution in [2.75, 3.05) is 33.2 Å². The maximum atomic E-state index is 13.4. The molecule has 154 valence electrons. The summed E-state index contributed by atoms with van der Waals surface area (Å²) in [6.07, 6.45) is 7.34. The zero-order valence-corrected chi connectivity index (χ0v) is 16.9. The average molecular weight is 390 g/mol. The van der Waals surface area contributed by atoms with Crippen molar-refractivity contribution in [1.29, 1.82) is 0 Å². The molecule has 0 unspecified atom stereocenters. The maximum Gasteiger partial charge on any atom is 0.227 e. The number of hydrogen-bond acceptors (Lipinski definition) is 3. The normalized spacial score (nSPS) is 21.8. The van der Waals surface area contributed by atoms with Gasteiger partial charge in [-0.1, -0.05) is 31.4 Å². The monoisotopic (exact) mass is 389 g/mol. The van der Waals surface area contributed by atoms with Crippen LogP contribution in [0, 0.1) is 5.82 Å². The first kappa shape index (κ1) is 20.8. The predicted octanol–water partition coefficient (Wildman–Crippen LogP) is 2.74. The summed E-state index contributed by atoms with van der Waals surface area (Å²) in [6, 6.07) is 6.19. The van der Waals surface area contributed by atoms with Crippen LogP contribution in [0.4, 0.5) is 4.39 Å². The largest absolute Gasteiger partial charge is 0.354 e. The highest BCUT2D eigenvalue weighted by atomic mass is 19.1. The van der Waals surface area contributed by atoms with Crippen LogP contribution < -0.4 is 5.32 Å². The van der Waals surface area contributed by atoms with Gasteiger partial charge in [0.25, 0.3) is 0 Å². The van der Waals surface area contributed by atoms with E-state index in [2.05, 4.69) is 17.3 Å². The van der Waals surface area contributed by atoms with E-state index in [9.17, 15) is 14.0 Å². The zero-order chi connectivity index (χ0) is 20.0. The van der Waals surface area contributed by atoms with E-state index in [1.807, 2.05) is 0 Å². The predicted molar refractivity (Wildman–Crippen MR) is 107 cm³/mol. The highest BCUT2D eigenvalue weighted by Crippen LogP contribution is 2.36. The molecule has 0 radical (unpaired) electrons. The SMILES string of the molecule is CN1CCCN(C(=O)Cc2cccc(F)c2)CCNC(=O)CC12CCCCC2. The molecule has 5 nitrogen and oxygen atoms in total. The van der Waals surface area contributed by atoms with E-state index in [0.717, 1.165) is 25.8 Å². The molecular formula is C22H32FN3O2. The number of amides is 2. The second-order valence-corrected chi connectivity index (χ2v) is 8.27. The van der Waals surface area contributed by atoms with Gasteiger partial charge < -0.3 is 15.1 Å². The minimum Gasteiger partial charge on any atom is -0.354 e. The molecule has 1 spiro atoms. The molecule has 1 aliphatic heterocycles. The standard InChI is InChI=1S/C22H32FN3O2/c1-25-12-6-13-26(21(28)16-18-7-5-8-19(23)15-18)14-11-24-20(27)17-22(25)9-3-2-4-10-22/h5,7-8,15H,2-4,6,9-14,16-17H2,1H3,(H,24,27). The van der Waals surface area contributed by atoms with Crippen molar-refractivity contribution in [1.82, 2.24) is 15.1 Å². The molecule has 1 aliphatic carbocycles. The summed E-state index contributed by atoms with van der Waals surface area (Å²) in [5.74, 6) is -0.267. The zero-order valence-electron chi connectivity index (χ0n) is 16.9. The summed E-state index contributed by atoms with van der Waals surface area (Å²) in [6.45, 7) is 2.49. The molecule has 0 atom stereocenters. The fourth-order valence-electron chi connectivity index (χ4n) is 4.63. The first-order valence-corrected chi connectivity index (χ1v) is 10.5. The van der Waals surface area contributed by atoms with E-state index in [1.165, 1.54) is 31.4 Å². The molecule has 1 saturated carbocycles. The molecule has 2 fully saturated rings. The molecule has 0 bridgehead atoms. The third kappa shape index (κ3) is 5.31. The lowest BCUT2D eigenvalue weighted by Crippen LogP contribution is -2.51. The molecule has 28 heavy (non-hydrogen) atoms. The number of carbonyl (C=O) groups excluding carboxylic acids is 2. The van der Waals surface area contributed by atoms with Crippen LogP contribution in [0.2, 0.25) is 0 Å². The molecule has 1 N–H and O–H groups in total. The lowest BCUT2D eigenvalue weighted by Gasteiger charge is -2.44. The van der Waals surface area contributed by atoms with Crippen LogP contribution in [-0.2, 0) is 16.0 Å². The number of rotatable bonds is 2. The van der Waals surface area contributed by atoms with E-state index >= 15 is 0 Å². The molecule has 1 saturated heterocycles. The molecular weight excluding hydrogens is 357 g/mol. The molecule has 1 heterocycles. The van der Waals surface area contributed by atoms with Gasteiger partial charge in [-0.15, -0.1) is 0 Å². The number of hydrogen-bond donors (Lipinski definition) is 1. The molecule has 3 rings (SSSR count). The fraction of sp³-hybridized carbons (Fsp3) is 0.636. The maximum absolute atomic E-state index is 13.4. The van der Waals surface area contributed by atoms with Crippen molar-refractivity contribution < 1.29 is 14.0 Å². The number of halogens is 1. The van der Waals surface area contributed by atoms with Gasteiger partial charge in [0, 0.05) is 38.1 Å². The van der Waals surface area contributed by atoms with Gasteiger partial charge in [-0.25, -0.2) is 4.39 Å². The van der Waals surface area contributed by atoms with Crippen LogP contribution in [0.15, 0.2) is 24.3 Å². The van der Waals surface area contributed by atoms with Crippen LogP contribution in [0.25, 0.3) is 0 Å². The number of carbonyl (C=O) groups is 2. The number of nitrogens with zero attached hydrogens (tertiary/aromatic N) is 2. The van der Waals surface area contributed by atoms with Crippen molar-refractivity contribution in [3.05, 3.63) is 35.6 Å². The Morgan fingerprint density at radius 1 is 1.14 bits per heavy atom. The van der Waals surface area contributed by atoms with Gasteiger partial charge in [0.1, 0.15) is 5.82 Å². The highest BCUT2D eigenvalue weighted by Gasteiger charge is 2.38. The molecule has 2 aliphatic rings. The lowest BCUT2D eigenvalue weighted by molar-refractivity contribution is -0.131. The topological polar surface area (TPSA) is 52.6 Å². The van der Waals surface area contributed by atoms with Crippen molar-refractivity contribution in [2.24, 2.45) is 0 Å². The van der Waals surface area contributed by atoms with Gasteiger partial charge in [0.2, 0.25) is 11.8 Å². The Kier molecular flexibility index (Phi) is 7.05. The van der Waals surface area contributed by atoms with E-state index in [1.54, 1.807) is 17.0 Å². The van der Waals surface area contributed by atoms with Crippen LogP contribution in [-0.4, -0.2) is 60.4 Å². The number of benzene rings is 1. The smallest absolute Gasteiger partial charge is 0.227 e. The van der Waals surface area contributed by atoms with Crippen LogP contribution in [0.1, 0.15) is 50.5 Å². The van der Waals surface area contributed by atoms with E-state index in [4.69, 9.17) is 0 Å². The van der Waals surface area contributed by atoms with Crippen molar-refractivity contribution in [3.63, 3.8) is 0 Å². The van der Waals surface area contributed by atoms with Gasteiger partial charge in [-0.3, -0.25) is 9.59 Å². The Morgan fingerprint density at radius 3 is 2.68 bits per heavy atom. The van der Waals surface area contributed by atoms with Gasteiger partial charge in [-0.2, -0.15) is 0 Å². The van der Waals surface area contributed by atoms with E-state index < -0.39 is 0 Å². The Labute approximate surface area is 167 Å².